The van der Waals surface area contributed by atoms with Crippen molar-refractivity contribution in [3.05, 3.63) is 0 Å². The highest BCUT2D eigenvalue weighted by Gasteiger charge is 2.69. The lowest BCUT2D eigenvalue weighted by Crippen LogP contribution is -2.66. The molecule has 0 aromatic carbocycles. The van der Waals surface area contributed by atoms with E-state index in [0.29, 0.717) is 41.4 Å². The highest BCUT2D eigenvalue weighted by Crippen LogP contribution is 2.71. The second kappa shape index (κ2) is 16.9. The van der Waals surface area contributed by atoms with Crippen LogP contribution in [0.2, 0.25) is 0 Å². The number of hydrogen-bond acceptors (Lipinski definition) is 16. The Hall–Kier alpha value is -0.640. The lowest BCUT2D eigenvalue weighted by atomic mass is 9.44. The molecule has 5 aliphatic heterocycles. The minimum atomic E-state index is -1.70. The SMILES string of the molecule is C[C@@H]1CC[C@@]2(OC1)O[C@H]1C[C@H]3[C@@H]4CC[C@H]5C[C@@H](O[C@@H]6O[C@H](CO)[C@@H](O[C@@H]7O[C@H](C)[C@@H](O)[C@H](O)[C@@H]7O)[C@H](O)[C@H]6O[C@@H]6O[C@@H](C)[C@H](O)[C@@H](O)[C@H]6O)CC[C@]5(C)[C@H]4CC[C@]3(C)[C@H]1[C@@H]2C. The molecule has 9 aliphatic rings. The van der Waals surface area contributed by atoms with E-state index in [4.69, 9.17) is 37.9 Å². The zero-order chi connectivity index (χ0) is 43.5. The largest absolute Gasteiger partial charge is 0.394 e. The van der Waals surface area contributed by atoms with Gasteiger partial charge in [-0.1, -0.05) is 27.7 Å². The smallest absolute Gasteiger partial charge is 0.187 e. The molecule has 16 heteroatoms. The fourth-order valence-corrected chi connectivity index (χ4v) is 14.6. The summed E-state index contributed by atoms with van der Waals surface area (Å²) < 4.78 is 50.3. The summed E-state index contributed by atoms with van der Waals surface area (Å²) in [5, 5.41) is 85.9. The summed E-state index contributed by atoms with van der Waals surface area (Å²) in [6, 6.07) is 0. The second-order valence-electron chi connectivity index (χ2n) is 21.5. The molecule has 27 atom stereocenters. The third-order valence-electron chi connectivity index (χ3n) is 18.2. The topological polar surface area (TPSA) is 236 Å². The van der Waals surface area contributed by atoms with Gasteiger partial charge in [-0.3, -0.25) is 0 Å². The van der Waals surface area contributed by atoms with Crippen LogP contribution in [0.4, 0.5) is 0 Å². The first-order valence-corrected chi connectivity index (χ1v) is 23.5. The van der Waals surface area contributed by atoms with Crippen LogP contribution in [-0.2, 0) is 37.9 Å². The van der Waals surface area contributed by atoms with Gasteiger partial charge in [0.2, 0.25) is 0 Å². The van der Waals surface area contributed by atoms with Crippen LogP contribution in [0.5, 0.6) is 0 Å². The summed E-state index contributed by atoms with van der Waals surface area (Å²) in [5.74, 6) is 3.27. The molecular formula is C45H74O16. The predicted octanol–water partition coefficient (Wildman–Crippen LogP) is 1.32. The van der Waals surface area contributed by atoms with Crippen LogP contribution in [0.3, 0.4) is 0 Å². The Bertz CT molecular complexity index is 1530. The Morgan fingerprint density at radius 3 is 1.85 bits per heavy atom. The van der Waals surface area contributed by atoms with E-state index in [-0.39, 0.29) is 23.0 Å². The van der Waals surface area contributed by atoms with Crippen LogP contribution >= 0.6 is 0 Å². The van der Waals surface area contributed by atoms with Gasteiger partial charge in [0.15, 0.2) is 24.7 Å². The molecule has 0 bridgehead atoms. The summed E-state index contributed by atoms with van der Waals surface area (Å²) in [6.07, 6.45) is -11.0. The number of fused-ring (bicyclic) bond motifs is 7. The molecule has 350 valence electrons. The Balaban J connectivity index is 0.897. The van der Waals surface area contributed by atoms with E-state index >= 15 is 0 Å². The highest BCUT2D eigenvalue weighted by atomic mass is 16.8. The van der Waals surface area contributed by atoms with E-state index in [9.17, 15) is 40.9 Å². The van der Waals surface area contributed by atoms with Gasteiger partial charge in [-0.15, -0.1) is 0 Å². The van der Waals surface area contributed by atoms with Gasteiger partial charge < -0.3 is 78.7 Å². The molecule has 0 amide bonds. The van der Waals surface area contributed by atoms with Gasteiger partial charge in [-0.05, 0) is 118 Å². The van der Waals surface area contributed by atoms with E-state index in [0.717, 1.165) is 58.0 Å². The summed E-state index contributed by atoms with van der Waals surface area (Å²) in [5.41, 5.74) is 0.350. The van der Waals surface area contributed by atoms with Gasteiger partial charge in [0.25, 0.3) is 0 Å². The average Bonchev–Trinajstić information content (AvgIpc) is 3.69. The lowest BCUT2D eigenvalue weighted by Gasteiger charge is -2.61. The molecule has 0 aromatic rings. The minimum absolute atomic E-state index is 0.122. The maximum atomic E-state index is 12.0. The predicted molar refractivity (Wildman–Crippen MR) is 213 cm³/mol. The molecule has 4 saturated carbocycles. The molecule has 5 saturated heterocycles. The molecule has 61 heavy (non-hydrogen) atoms. The van der Waals surface area contributed by atoms with Crippen molar-refractivity contribution >= 4 is 0 Å². The second-order valence-corrected chi connectivity index (χ2v) is 21.5. The molecule has 9 rings (SSSR count). The summed E-state index contributed by atoms with van der Waals surface area (Å²) in [6.45, 7) is 12.9. The van der Waals surface area contributed by atoms with Crippen LogP contribution in [-0.4, -0.2) is 164 Å². The molecule has 8 N–H and O–H groups in total. The number of aliphatic hydroxyl groups excluding tert-OH is 8. The number of aliphatic hydroxyl groups is 8. The molecular weight excluding hydrogens is 796 g/mol. The molecule has 0 aromatic heterocycles. The van der Waals surface area contributed by atoms with Gasteiger partial charge in [0.05, 0.1) is 37.6 Å². The molecule has 16 nitrogen and oxygen atoms in total. The van der Waals surface area contributed by atoms with E-state index in [1.807, 2.05) is 0 Å². The third-order valence-corrected chi connectivity index (χ3v) is 18.2. The van der Waals surface area contributed by atoms with Gasteiger partial charge >= 0.3 is 0 Å². The van der Waals surface area contributed by atoms with Gasteiger partial charge in [0, 0.05) is 12.3 Å². The van der Waals surface area contributed by atoms with Crippen LogP contribution in [0.15, 0.2) is 0 Å². The van der Waals surface area contributed by atoms with Crippen LogP contribution in [0.25, 0.3) is 0 Å². The van der Waals surface area contributed by atoms with Crippen molar-refractivity contribution in [3.8, 4) is 0 Å². The zero-order valence-corrected chi connectivity index (χ0v) is 36.7. The first kappa shape index (κ1) is 45.5. The van der Waals surface area contributed by atoms with E-state index in [2.05, 4.69) is 27.7 Å². The van der Waals surface area contributed by atoms with Crippen molar-refractivity contribution < 1.29 is 78.7 Å². The van der Waals surface area contributed by atoms with Crippen molar-refractivity contribution in [2.24, 2.45) is 52.3 Å². The van der Waals surface area contributed by atoms with Crippen molar-refractivity contribution in [1.82, 2.24) is 0 Å². The Morgan fingerprint density at radius 2 is 1.23 bits per heavy atom. The molecule has 9 fully saturated rings. The third kappa shape index (κ3) is 7.50. The quantitative estimate of drug-likeness (QED) is 0.169. The monoisotopic (exact) mass is 870 g/mol. The standard InChI is InChI=1S/C45H74O16/c1-19-9-14-45(54-18-19)20(2)30-28(61-45)16-27-25-8-7-23-15-24(10-12-43(23,5)26(25)11-13-44(27,30)6)57-42-39(60-41-36(52)34(50)32(48)22(4)56-41)37(53)38(29(17-46)58-42)59-40-35(51)33(49)31(47)21(3)55-40/h19-42,46-53H,7-18H2,1-6H3/t19-,20+,21-,22+,23+,24+,25-,26+,27+,28+,29-,30+,31-,32+,33+,34-,35+,36-,37+,38-,39-,40+,41+,42-,43+,44+,45-/m1/s1. The van der Waals surface area contributed by atoms with Crippen molar-refractivity contribution in [2.45, 2.75) is 216 Å². The van der Waals surface area contributed by atoms with Gasteiger partial charge in [-0.2, -0.15) is 0 Å². The molecule has 0 unspecified atom stereocenters. The van der Waals surface area contributed by atoms with Crippen LogP contribution in [0.1, 0.15) is 106 Å². The van der Waals surface area contributed by atoms with Crippen molar-refractivity contribution in [3.63, 3.8) is 0 Å². The van der Waals surface area contributed by atoms with Crippen molar-refractivity contribution in [1.29, 1.82) is 0 Å². The van der Waals surface area contributed by atoms with E-state index in [1.54, 1.807) is 0 Å². The van der Waals surface area contributed by atoms with E-state index < -0.39 is 105 Å². The zero-order valence-electron chi connectivity index (χ0n) is 36.7. The van der Waals surface area contributed by atoms with Crippen LogP contribution < -0.4 is 0 Å². The van der Waals surface area contributed by atoms with E-state index in [1.165, 1.54) is 26.7 Å². The first-order valence-electron chi connectivity index (χ1n) is 23.5. The Morgan fingerprint density at radius 1 is 0.590 bits per heavy atom. The summed E-state index contributed by atoms with van der Waals surface area (Å²) in [4.78, 5) is 0. The summed E-state index contributed by atoms with van der Waals surface area (Å²) in [7, 11) is 0. The summed E-state index contributed by atoms with van der Waals surface area (Å²) >= 11 is 0. The normalized spacial score (nSPS) is 59.7. The molecule has 4 aliphatic carbocycles. The minimum Gasteiger partial charge on any atom is -0.394 e. The number of ether oxygens (including phenoxy) is 8. The van der Waals surface area contributed by atoms with Gasteiger partial charge in [-0.25, -0.2) is 0 Å². The molecule has 5 heterocycles. The highest BCUT2D eigenvalue weighted by molar-refractivity contribution is 5.15. The molecule has 1 spiro atoms. The fraction of sp³-hybridized carbons (Fsp3) is 1.00. The molecule has 0 radical (unpaired) electrons. The maximum absolute atomic E-state index is 12.0. The fourth-order valence-electron chi connectivity index (χ4n) is 14.6. The first-order chi connectivity index (χ1) is 28.9. The number of hydrogen-bond donors (Lipinski definition) is 8. The van der Waals surface area contributed by atoms with Gasteiger partial charge in [0.1, 0.15) is 61.0 Å². The number of rotatable bonds is 7. The van der Waals surface area contributed by atoms with Crippen molar-refractivity contribution in [2.75, 3.05) is 13.2 Å². The average molecular weight is 871 g/mol. The lowest BCUT2D eigenvalue weighted by molar-refractivity contribution is -0.389. The Labute approximate surface area is 359 Å². The maximum Gasteiger partial charge on any atom is 0.187 e. The Kier molecular flexibility index (Phi) is 12.6. The van der Waals surface area contributed by atoms with Crippen LogP contribution in [0, 0.1) is 52.3 Å².